The van der Waals surface area contributed by atoms with Gasteiger partial charge in [-0.1, -0.05) is 48.0 Å². The van der Waals surface area contributed by atoms with Crippen molar-refractivity contribution in [3.63, 3.8) is 0 Å². The second-order valence-corrected chi connectivity index (χ2v) is 11.5. The van der Waals surface area contributed by atoms with Gasteiger partial charge in [-0.2, -0.15) is 0 Å². The number of nitrogens with zero attached hydrogens (tertiary/aromatic N) is 2. The second kappa shape index (κ2) is 12.4. The van der Waals surface area contributed by atoms with Crippen LogP contribution in [0.5, 0.6) is 0 Å². The van der Waals surface area contributed by atoms with Crippen LogP contribution in [0.4, 0.5) is 10.1 Å². The van der Waals surface area contributed by atoms with Gasteiger partial charge >= 0.3 is 0 Å². The number of halogens is 2. The Labute approximate surface area is 228 Å². The fourth-order valence-corrected chi connectivity index (χ4v) is 5.52. The van der Waals surface area contributed by atoms with Gasteiger partial charge in [0.25, 0.3) is 10.0 Å². The molecule has 0 bridgehead atoms. The Morgan fingerprint density at radius 2 is 1.61 bits per heavy atom. The van der Waals surface area contributed by atoms with Gasteiger partial charge in [-0.05, 0) is 75.2 Å². The first-order valence-corrected chi connectivity index (χ1v) is 13.9. The van der Waals surface area contributed by atoms with Gasteiger partial charge in [-0.15, -0.1) is 0 Å². The van der Waals surface area contributed by atoms with Crippen molar-refractivity contribution < 1.29 is 22.4 Å². The SMILES string of the molecule is Cc1ccc(Cl)cc1N(CC(=O)N(Cc1ccc(F)cc1)C(C)C(=O)NC(C)C)S(=O)(=O)c1ccccc1. The van der Waals surface area contributed by atoms with Crippen LogP contribution in [-0.2, 0) is 26.2 Å². The number of rotatable bonds is 10. The zero-order chi connectivity index (χ0) is 28.0. The van der Waals surface area contributed by atoms with Crippen molar-refractivity contribution in [2.45, 2.75) is 51.2 Å². The molecular formula is C28H31ClFN3O4S. The van der Waals surface area contributed by atoms with Crippen LogP contribution in [0.15, 0.2) is 77.7 Å². The minimum absolute atomic E-state index is 0.00265. The van der Waals surface area contributed by atoms with Gasteiger partial charge in [0.15, 0.2) is 0 Å². The molecule has 3 aromatic carbocycles. The lowest BCUT2D eigenvalue weighted by molar-refractivity contribution is -0.139. The summed E-state index contributed by atoms with van der Waals surface area (Å²) in [6.45, 7) is 6.27. The number of aryl methyl sites for hydroxylation is 1. The summed E-state index contributed by atoms with van der Waals surface area (Å²) in [4.78, 5) is 28.0. The van der Waals surface area contributed by atoms with Crippen molar-refractivity contribution in [3.05, 3.63) is 94.8 Å². The number of carbonyl (C=O) groups is 2. The van der Waals surface area contributed by atoms with E-state index < -0.39 is 40.2 Å². The molecule has 1 N–H and O–H groups in total. The monoisotopic (exact) mass is 559 g/mol. The number of hydrogen-bond acceptors (Lipinski definition) is 4. The maximum absolute atomic E-state index is 13.8. The van der Waals surface area contributed by atoms with E-state index in [1.54, 1.807) is 58.0 Å². The van der Waals surface area contributed by atoms with E-state index in [1.807, 2.05) is 0 Å². The fraction of sp³-hybridized carbons (Fsp3) is 0.286. The van der Waals surface area contributed by atoms with Crippen molar-refractivity contribution in [3.8, 4) is 0 Å². The number of anilines is 1. The summed E-state index contributed by atoms with van der Waals surface area (Å²) in [5.74, 6) is -1.44. The van der Waals surface area contributed by atoms with Crippen LogP contribution in [0.25, 0.3) is 0 Å². The Kier molecular flexibility index (Phi) is 9.51. The quantitative estimate of drug-likeness (QED) is 0.382. The first kappa shape index (κ1) is 29.1. The van der Waals surface area contributed by atoms with Crippen LogP contribution in [0.2, 0.25) is 5.02 Å². The van der Waals surface area contributed by atoms with E-state index in [0.717, 1.165) is 4.31 Å². The van der Waals surface area contributed by atoms with Gasteiger partial charge in [0.1, 0.15) is 18.4 Å². The summed E-state index contributed by atoms with van der Waals surface area (Å²) >= 11 is 6.22. The zero-order valence-corrected chi connectivity index (χ0v) is 23.3. The number of hydrogen-bond donors (Lipinski definition) is 1. The lowest BCUT2D eigenvalue weighted by Gasteiger charge is -2.32. The molecule has 3 rings (SSSR count). The minimum atomic E-state index is -4.19. The second-order valence-electron chi connectivity index (χ2n) is 9.24. The molecular weight excluding hydrogens is 529 g/mol. The largest absolute Gasteiger partial charge is 0.352 e. The van der Waals surface area contributed by atoms with Crippen LogP contribution in [-0.4, -0.2) is 43.8 Å². The first-order chi connectivity index (χ1) is 17.9. The van der Waals surface area contributed by atoms with Crippen LogP contribution in [0, 0.1) is 12.7 Å². The van der Waals surface area contributed by atoms with Crippen LogP contribution in [0.1, 0.15) is 31.9 Å². The zero-order valence-electron chi connectivity index (χ0n) is 21.7. The Morgan fingerprint density at radius 1 is 0.974 bits per heavy atom. The third-order valence-electron chi connectivity index (χ3n) is 5.91. The van der Waals surface area contributed by atoms with E-state index in [1.165, 1.54) is 47.4 Å². The molecule has 0 saturated carbocycles. The first-order valence-electron chi connectivity index (χ1n) is 12.1. The molecule has 202 valence electrons. The molecule has 3 aromatic rings. The van der Waals surface area contributed by atoms with Gasteiger partial charge in [0, 0.05) is 17.6 Å². The van der Waals surface area contributed by atoms with E-state index in [-0.39, 0.29) is 23.2 Å². The summed E-state index contributed by atoms with van der Waals surface area (Å²) in [7, 11) is -4.19. The molecule has 0 aliphatic rings. The summed E-state index contributed by atoms with van der Waals surface area (Å²) in [5.41, 5.74) is 1.42. The van der Waals surface area contributed by atoms with E-state index in [9.17, 15) is 22.4 Å². The molecule has 38 heavy (non-hydrogen) atoms. The fourth-order valence-electron chi connectivity index (χ4n) is 3.86. The Bertz CT molecular complexity index is 1380. The van der Waals surface area contributed by atoms with E-state index in [2.05, 4.69) is 5.32 Å². The smallest absolute Gasteiger partial charge is 0.264 e. The molecule has 0 heterocycles. The predicted octanol–water partition coefficient (Wildman–Crippen LogP) is 4.92. The molecule has 0 aromatic heterocycles. The molecule has 0 aliphatic carbocycles. The lowest BCUT2D eigenvalue weighted by atomic mass is 10.1. The highest BCUT2D eigenvalue weighted by atomic mass is 35.5. The highest BCUT2D eigenvalue weighted by Crippen LogP contribution is 2.30. The van der Waals surface area contributed by atoms with E-state index in [4.69, 9.17) is 11.6 Å². The number of benzene rings is 3. The summed E-state index contributed by atoms with van der Waals surface area (Å²) in [6.07, 6.45) is 0. The third-order valence-corrected chi connectivity index (χ3v) is 7.92. The Morgan fingerprint density at radius 3 is 2.21 bits per heavy atom. The average molecular weight is 560 g/mol. The number of nitrogens with one attached hydrogen (secondary N) is 1. The van der Waals surface area contributed by atoms with Crippen LogP contribution >= 0.6 is 11.6 Å². The van der Waals surface area contributed by atoms with Gasteiger partial charge in [-0.25, -0.2) is 12.8 Å². The van der Waals surface area contributed by atoms with Gasteiger partial charge in [0.2, 0.25) is 11.8 Å². The summed E-state index contributed by atoms with van der Waals surface area (Å²) < 4.78 is 42.1. The van der Waals surface area contributed by atoms with Crippen molar-refractivity contribution in [2.24, 2.45) is 0 Å². The van der Waals surface area contributed by atoms with Crippen molar-refractivity contribution in [2.75, 3.05) is 10.8 Å². The number of sulfonamides is 1. The van der Waals surface area contributed by atoms with Crippen LogP contribution in [0.3, 0.4) is 0 Å². The maximum Gasteiger partial charge on any atom is 0.264 e. The van der Waals surface area contributed by atoms with Crippen molar-refractivity contribution >= 4 is 39.1 Å². The average Bonchev–Trinajstić information content (AvgIpc) is 2.88. The lowest BCUT2D eigenvalue weighted by Crippen LogP contribution is -2.52. The highest BCUT2D eigenvalue weighted by molar-refractivity contribution is 7.92. The van der Waals surface area contributed by atoms with Gasteiger partial charge in [-0.3, -0.25) is 13.9 Å². The molecule has 0 fully saturated rings. The molecule has 1 atom stereocenters. The summed E-state index contributed by atoms with van der Waals surface area (Å²) in [6, 6.07) is 17.0. The van der Waals surface area contributed by atoms with Gasteiger partial charge in [0.05, 0.1) is 10.6 Å². The molecule has 0 saturated heterocycles. The molecule has 10 heteroatoms. The molecule has 2 amide bonds. The summed E-state index contributed by atoms with van der Waals surface area (Å²) in [5, 5.41) is 3.09. The molecule has 0 radical (unpaired) electrons. The molecule has 0 spiro atoms. The molecule has 7 nitrogen and oxygen atoms in total. The van der Waals surface area contributed by atoms with E-state index in [0.29, 0.717) is 16.1 Å². The van der Waals surface area contributed by atoms with Crippen molar-refractivity contribution in [1.29, 1.82) is 0 Å². The Balaban J connectivity index is 2.06. The standard InChI is InChI=1S/C28H31ClFN3O4S/c1-19(2)31-28(35)21(4)32(17-22-11-14-24(30)15-12-22)27(34)18-33(26-16-23(29)13-10-20(26)3)38(36,37)25-8-6-5-7-9-25/h5-16,19,21H,17-18H2,1-4H3,(H,31,35). The third kappa shape index (κ3) is 7.11. The predicted molar refractivity (Wildman–Crippen MR) is 147 cm³/mol. The topological polar surface area (TPSA) is 86.8 Å². The number of amides is 2. The Hall–Kier alpha value is -3.43. The highest BCUT2D eigenvalue weighted by Gasteiger charge is 2.33. The minimum Gasteiger partial charge on any atom is -0.352 e. The molecule has 0 aliphatic heterocycles. The van der Waals surface area contributed by atoms with E-state index >= 15 is 0 Å². The number of carbonyl (C=O) groups excluding carboxylic acids is 2. The van der Waals surface area contributed by atoms with Crippen molar-refractivity contribution in [1.82, 2.24) is 10.2 Å². The maximum atomic E-state index is 13.8. The molecule has 1 unspecified atom stereocenters. The van der Waals surface area contributed by atoms with Crippen LogP contribution < -0.4 is 9.62 Å². The normalized spacial score (nSPS) is 12.2. The van der Waals surface area contributed by atoms with Gasteiger partial charge < -0.3 is 10.2 Å².